The maximum atomic E-state index is 12.1. The second-order valence-corrected chi connectivity index (χ2v) is 4.53. The van der Waals surface area contributed by atoms with E-state index in [4.69, 9.17) is 4.74 Å². The molecule has 1 N–H and O–H groups in total. The smallest absolute Gasteiger partial charge is 0.141 e. The minimum atomic E-state index is 0.200. The predicted molar refractivity (Wildman–Crippen MR) is 67.3 cm³/mol. The normalized spacial score (nSPS) is 19.9. The molecule has 0 radical (unpaired) electrons. The highest BCUT2D eigenvalue weighted by Crippen LogP contribution is 2.16. The lowest BCUT2D eigenvalue weighted by Crippen LogP contribution is -2.35. The van der Waals surface area contributed by atoms with Crippen LogP contribution in [0.1, 0.15) is 18.4 Å². The Morgan fingerprint density at radius 2 is 2.18 bits per heavy atom. The van der Waals surface area contributed by atoms with E-state index in [-0.39, 0.29) is 5.92 Å². The van der Waals surface area contributed by atoms with Gasteiger partial charge in [0.15, 0.2) is 0 Å². The number of nitrogens with one attached hydrogen (secondary N) is 1. The fraction of sp³-hybridized carbons (Fsp3) is 0.500. The molecule has 1 saturated heterocycles. The zero-order chi connectivity index (χ0) is 12.1. The third-order valence-corrected chi connectivity index (χ3v) is 3.29. The summed E-state index contributed by atoms with van der Waals surface area (Å²) >= 11 is 0. The van der Waals surface area contributed by atoms with Gasteiger partial charge in [-0.1, -0.05) is 12.1 Å². The Bertz CT molecular complexity index is 366. The van der Waals surface area contributed by atoms with Gasteiger partial charge in [0.05, 0.1) is 7.11 Å². The summed E-state index contributed by atoms with van der Waals surface area (Å²) in [7, 11) is 1.65. The molecule has 1 aromatic rings. The molecule has 1 unspecified atom stereocenters. The van der Waals surface area contributed by atoms with Crippen molar-refractivity contribution in [3.05, 3.63) is 29.8 Å². The summed E-state index contributed by atoms with van der Waals surface area (Å²) in [5.41, 5.74) is 1.07. The van der Waals surface area contributed by atoms with Gasteiger partial charge >= 0.3 is 0 Å². The van der Waals surface area contributed by atoms with Crippen LogP contribution in [-0.2, 0) is 11.2 Å². The summed E-state index contributed by atoms with van der Waals surface area (Å²) < 4.78 is 5.10. The molecule has 1 aliphatic heterocycles. The number of piperidine rings is 1. The number of hydrogen-bond acceptors (Lipinski definition) is 3. The number of rotatable bonds is 4. The number of ether oxygens (including phenoxy) is 1. The van der Waals surface area contributed by atoms with Crippen molar-refractivity contribution >= 4 is 5.78 Å². The molecule has 1 aliphatic rings. The van der Waals surface area contributed by atoms with Crippen LogP contribution in [0.4, 0.5) is 0 Å². The zero-order valence-corrected chi connectivity index (χ0v) is 10.2. The second-order valence-electron chi connectivity index (χ2n) is 4.53. The second kappa shape index (κ2) is 5.82. The number of carbonyl (C=O) groups is 1. The minimum Gasteiger partial charge on any atom is -0.497 e. The Kier molecular flexibility index (Phi) is 4.15. The van der Waals surface area contributed by atoms with Gasteiger partial charge in [-0.25, -0.2) is 0 Å². The van der Waals surface area contributed by atoms with Crippen LogP contribution < -0.4 is 10.1 Å². The van der Waals surface area contributed by atoms with E-state index in [1.165, 1.54) is 0 Å². The van der Waals surface area contributed by atoms with Crippen molar-refractivity contribution in [3.63, 3.8) is 0 Å². The Morgan fingerprint density at radius 3 is 2.76 bits per heavy atom. The van der Waals surface area contributed by atoms with Gasteiger partial charge in [-0.05, 0) is 37.1 Å². The van der Waals surface area contributed by atoms with E-state index in [0.29, 0.717) is 12.2 Å². The average Bonchev–Trinajstić information content (AvgIpc) is 2.40. The Balaban J connectivity index is 1.92. The van der Waals surface area contributed by atoms with Crippen LogP contribution in [0.2, 0.25) is 0 Å². The molecule has 92 valence electrons. The first kappa shape index (κ1) is 12.1. The molecular formula is C14H19NO2. The van der Waals surface area contributed by atoms with E-state index < -0.39 is 0 Å². The topological polar surface area (TPSA) is 38.3 Å². The standard InChI is InChI=1S/C14H19NO2/c1-17-13-6-4-11(5-7-13)9-14(16)12-3-2-8-15-10-12/h4-7,12,15H,2-3,8-10H2,1H3. The van der Waals surface area contributed by atoms with Gasteiger partial charge in [0.1, 0.15) is 11.5 Å². The third-order valence-electron chi connectivity index (χ3n) is 3.29. The quantitative estimate of drug-likeness (QED) is 0.862. The molecular weight excluding hydrogens is 214 g/mol. The van der Waals surface area contributed by atoms with Gasteiger partial charge in [-0.2, -0.15) is 0 Å². The van der Waals surface area contributed by atoms with Crippen molar-refractivity contribution in [1.29, 1.82) is 0 Å². The molecule has 0 saturated carbocycles. The highest BCUT2D eigenvalue weighted by Gasteiger charge is 2.20. The van der Waals surface area contributed by atoms with Gasteiger partial charge < -0.3 is 10.1 Å². The zero-order valence-electron chi connectivity index (χ0n) is 10.2. The molecule has 3 nitrogen and oxygen atoms in total. The van der Waals surface area contributed by atoms with Gasteiger partial charge in [0.2, 0.25) is 0 Å². The summed E-state index contributed by atoms with van der Waals surface area (Å²) in [6.07, 6.45) is 2.68. The molecule has 0 spiro atoms. The number of Topliss-reactive ketones (excluding diaryl/α,β-unsaturated/α-hetero) is 1. The lowest BCUT2D eigenvalue weighted by atomic mass is 9.91. The number of hydrogen-bond donors (Lipinski definition) is 1. The van der Waals surface area contributed by atoms with Crippen molar-refractivity contribution in [1.82, 2.24) is 5.32 Å². The van der Waals surface area contributed by atoms with Crippen molar-refractivity contribution in [3.8, 4) is 5.75 Å². The van der Waals surface area contributed by atoms with E-state index in [1.807, 2.05) is 24.3 Å². The average molecular weight is 233 g/mol. The van der Waals surface area contributed by atoms with E-state index in [2.05, 4.69) is 5.32 Å². The molecule has 0 aromatic heterocycles. The molecule has 1 heterocycles. The monoisotopic (exact) mass is 233 g/mol. The van der Waals surface area contributed by atoms with Crippen LogP contribution in [0.15, 0.2) is 24.3 Å². The summed E-state index contributed by atoms with van der Waals surface area (Å²) in [4.78, 5) is 12.1. The fourth-order valence-electron chi connectivity index (χ4n) is 2.22. The van der Waals surface area contributed by atoms with Gasteiger partial charge in [-0.3, -0.25) is 4.79 Å². The lowest BCUT2D eigenvalue weighted by molar-refractivity contribution is -0.122. The van der Waals surface area contributed by atoms with Crippen LogP contribution in [0.3, 0.4) is 0 Å². The molecule has 1 fully saturated rings. The van der Waals surface area contributed by atoms with Crippen LogP contribution in [0.25, 0.3) is 0 Å². The number of methoxy groups -OCH3 is 1. The molecule has 2 rings (SSSR count). The van der Waals surface area contributed by atoms with Gasteiger partial charge in [0, 0.05) is 18.9 Å². The maximum Gasteiger partial charge on any atom is 0.141 e. The largest absolute Gasteiger partial charge is 0.497 e. The lowest BCUT2D eigenvalue weighted by Gasteiger charge is -2.21. The minimum absolute atomic E-state index is 0.200. The van der Waals surface area contributed by atoms with E-state index >= 15 is 0 Å². The van der Waals surface area contributed by atoms with Crippen molar-refractivity contribution < 1.29 is 9.53 Å². The Hall–Kier alpha value is -1.35. The van der Waals surface area contributed by atoms with E-state index in [9.17, 15) is 4.79 Å². The first-order valence-electron chi connectivity index (χ1n) is 6.16. The molecule has 3 heteroatoms. The van der Waals surface area contributed by atoms with Crippen LogP contribution >= 0.6 is 0 Å². The summed E-state index contributed by atoms with van der Waals surface area (Å²) in [6, 6.07) is 7.74. The molecule has 17 heavy (non-hydrogen) atoms. The summed E-state index contributed by atoms with van der Waals surface area (Å²) in [5.74, 6) is 1.38. The highest BCUT2D eigenvalue weighted by molar-refractivity contribution is 5.83. The SMILES string of the molecule is COc1ccc(CC(=O)C2CCCNC2)cc1. The number of benzene rings is 1. The molecule has 0 amide bonds. The predicted octanol–water partition coefficient (Wildman–Crippen LogP) is 1.81. The Labute approximate surface area is 102 Å². The molecule has 1 atom stereocenters. The van der Waals surface area contributed by atoms with E-state index in [1.54, 1.807) is 7.11 Å². The highest BCUT2D eigenvalue weighted by atomic mass is 16.5. The van der Waals surface area contributed by atoms with Crippen molar-refractivity contribution in [2.45, 2.75) is 19.3 Å². The van der Waals surface area contributed by atoms with Crippen molar-refractivity contribution in [2.24, 2.45) is 5.92 Å². The van der Waals surface area contributed by atoms with Crippen LogP contribution in [0.5, 0.6) is 5.75 Å². The number of ketones is 1. The van der Waals surface area contributed by atoms with Gasteiger partial charge in [-0.15, -0.1) is 0 Å². The van der Waals surface area contributed by atoms with Gasteiger partial charge in [0.25, 0.3) is 0 Å². The maximum absolute atomic E-state index is 12.1. The Morgan fingerprint density at radius 1 is 1.41 bits per heavy atom. The fourth-order valence-corrected chi connectivity index (χ4v) is 2.22. The molecule has 0 bridgehead atoms. The van der Waals surface area contributed by atoms with Crippen molar-refractivity contribution in [2.75, 3.05) is 20.2 Å². The first-order valence-corrected chi connectivity index (χ1v) is 6.16. The third kappa shape index (κ3) is 3.30. The van der Waals surface area contributed by atoms with E-state index in [0.717, 1.165) is 37.2 Å². The molecule has 0 aliphatic carbocycles. The molecule has 1 aromatic carbocycles. The number of carbonyl (C=O) groups excluding carboxylic acids is 1. The summed E-state index contributed by atoms with van der Waals surface area (Å²) in [6.45, 7) is 1.89. The first-order chi connectivity index (χ1) is 8.29. The van der Waals surface area contributed by atoms with Crippen LogP contribution in [-0.4, -0.2) is 26.0 Å². The van der Waals surface area contributed by atoms with Crippen LogP contribution in [0, 0.1) is 5.92 Å². The summed E-state index contributed by atoms with van der Waals surface area (Å²) in [5, 5.41) is 3.28.